The number of nitrogens with zero attached hydrogens (tertiary/aromatic N) is 1. The molecular weight excluding hydrogens is 202 g/mol. The van der Waals surface area contributed by atoms with Crippen LogP contribution >= 0.6 is 0 Å². The van der Waals surface area contributed by atoms with Gasteiger partial charge in [-0.25, -0.2) is 0 Å². The quantitative estimate of drug-likeness (QED) is 0.727. The molecule has 0 aromatic rings. The molecule has 1 aliphatic carbocycles. The van der Waals surface area contributed by atoms with Crippen molar-refractivity contribution in [3.05, 3.63) is 0 Å². The molecular formula is C12H25N3O. The van der Waals surface area contributed by atoms with Crippen LogP contribution in [0.5, 0.6) is 0 Å². The van der Waals surface area contributed by atoms with E-state index < -0.39 is 0 Å². The van der Waals surface area contributed by atoms with Gasteiger partial charge < -0.3 is 11.1 Å². The Bertz CT molecular complexity index is 224. The predicted octanol–water partition coefficient (Wildman–Crippen LogP) is 0.716. The first-order valence-electron chi connectivity index (χ1n) is 6.26. The van der Waals surface area contributed by atoms with Gasteiger partial charge in [-0.05, 0) is 19.9 Å². The van der Waals surface area contributed by atoms with E-state index in [-0.39, 0.29) is 11.4 Å². The molecule has 3 N–H and O–H groups in total. The van der Waals surface area contributed by atoms with E-state index in [0.717, 1.165) is 6.54 Å². The van der Waals surface area contributed by atoms with Crippen molar-refractivity contribution in [2.24, 2.45) is 5.73 Å². The van der Waals surface area contributed by atoms with Gasteiger partial charge in [-0.3, -0.25) is 9.69 Å². The van der Waals surface area contributed by atoms with Crippen molar-refractivity contribution in [2.45, 2.75) is 44.1 Å². The fraction of sp³-hybridized carbons (Fsp3) is 0.917. The third-order valence-electron chi connectivity index (χ3n) is 3.93. The fourth-order valence-corrected chi connectivity index (χ4v) is 2.58. The van der Waals surface area contributed by atoms with Crippen molar-refractivity contribution >= 4 is 5.91 Å². The summed E-state index contributed by atoms with van der Waals surface area (Å²) in [6.45, 7) is 1.51. The number of rotatable bonds is 5. The number of hydrogen-bond acceptors (Lipinski definition) is 3. The number of likely N-dealkylation sites (N-methyl/N-ethyl adjacent to an activating group) is 1. The minimum Gasteiger partial charge on any atom is -0.359 e. The van der Waals surface area contributed by atoms with Gasteiger partial charge >= 0.3 is 0 Å². The number of hydrogen-bond donors (Lipinski definition) is 2. The maximum absolute atomic E-state index is 11.2. The van der Waals surface area contributed by atoms with Gasteiger partial charge in [0, 0.05) is 32.1 Å². The zero-order valence-corrected chi connectivity index (χ0v) is 10.6. The Morgan fingerprint density at radius 1 is 1.38 bits per heavy atom. The van der Waals surface area contributed by atoms with Gasteiger partial charge in [-0.1, -0.05) is 19.3 Å². The molecule has 0 heterocycles. The van der Waals surface area contributed by atoms with E-state index in [4.69, 9.17) is 5.73 Å². The minimum absolute atomic E-state index is 0.106. The zero-order valence-electron chi connectivity index (χ0n) is 10.6. The smallest absolute Gasteiger partial charge is 0.221 e. The van der Waals surface area contributed by atoms with Crippen molar-refractivity contribution in [1.82, 2.24) is 10.2 Å². The van der Waals surface area contributed by atoms with E-state index in [1.165, 1.54) is 32.1 Å². The molecule has 1 aliphatic rings. The van der Waals surface area contributed by atoms with Gasteiger partial charge in [0.15, 0.2) is 0 Å². The molecule has 0 unspecified atom stereocenters. The molecule has 16 heavy (non-hydrogen) atoms. The van der Waals surface area contributed by atoms with Crippen LogP contribution in [-0.2, 0) is 4.79 Å². The highest BCUT2D eigenvalue weighted by atomic mass is 16.1. The topological polar surface area (TPSA) is 58.4 Å². The Kier molecular flexibility index (Phi) is 5.22. The van der Waals surface area contributed by atoms with Crippen molar-refractivity contribution < 1.29 is 4.79 Å². The lowest BCUT2D eigenvalue weighted by atomic mass is 9.80. The van der Waals surface area contributed by atoms with Crippen LogP contribution < -0.4 is 11.1 Å². The highest BCUT2D eigenvalue weighted by molar-refractivity contribution is 5.75. The second kappa shape index (κ2) is 6.21. The second-order valence-corrected chi connectivity index (χ2v) is 4.83. The van der Waals surface area contributed by atoms with Crippen LogP contribution in [0.1, 0.15) is 38.5 Å². The van der Waals surface area contributed by atoms with Crippen LogP contribution in [0.4, 0.5) is 0 Å². The molecule has 0 atom stereocenters. The van der Waals surface area contributed by atoms with Crippen molar-refractivity contribution in [3.8, 4) is 0 Å². The summed E-state index contributed by atoms with van der Waals surface area (Å²) in [6.07, 6.45) is 6.77. The van der Waals surface area contributed by atoms with E-state index in [0.29, 0.717) is 13.0 Å². The van der Waals surface area contributed by atoms with Crippen LogP contribution in [0.25, 0.3) is 0 Å². The van der Waals surface area contributed by atoms with Crippen LogP contribution in [-0.4, -0.2) is 43.5 Å². The van der Waals surface area contributed by atoms with Gasteiger partial charge in [-0.15, -0.1) is 0 Å². The molecule has 0 bridgehead atoms. The normalized spacial score (nSPS) is 19.8. The molecule has 1 amide bonds. The van der Waals surface area contributed by atoms with Gasteiger partial charge in [-0.2, -0.15) is 0 Å². The molecule has 0 aromatic carbocycles. The lowest BCUT2D eigenvalue weighted by Gasteiger charge is -2.44. The fourth-order valence-electron chi connectivity index (χ4n) is 2.58. The van der Waals surface area contributed by atoms with E-state index in [9.17, 15) is 4.79 Å². The summed E-state index contributed by atoms with van der Waals surface area (Å²) in [6, 6.07) is 0. The first-order valence-corrected chi connectivity index (χ1v) is 6.26. The first-order chi connectivity index (χ1) is 7.64. The Labute approximate surface area is 98.6 Å². The summed E-state index contributed by atoms with van der Waals surface area (Å²) in [4.78, 5) is 13.5. The highest BCUT2D eigenvalue weighted by Crippen LogP contribution is 2.31. The number of nitrogens with two attached hydrogens (primary N) is 1. The van der Waals surface area contributed by atoms with Crippen molar-refractivity contribution in [1.29, 1.82) is 0 Å². The minimum atomic E-state index is 0.106. The van der Waals surface area contributed by atoms with E-state index in [1.807, 2.05) is 0 Å². The molecule has 0 aromatic heterocycles. The summed E-state index contributed by atoms with van der Waals surface area (Å²) >= 11 is 0. The van der Waals surface area contributed by atoms with Crippen LogP contribution in [0.3, 0.4) is 0 Å². The molecule has 1 fully saturated rings. The van der Waals surface area contributed by atoms with E-state index in [1.54, 1.807) is 7.05 Å². The molecule has 1 rings (SSSR count). The second-order valence-electron chi connectivity index (χ2n) is 4.83. The summed E-state index contributed by atoms with van der Waals surface area (Å²) in [5.41, 5.74) is 6.08. The number of amides is 1. The van der Waals surface area contributed by atoms with E-state index in [2.05, 4.69) is 17.3 Å². The molecule has 4 nitrogen and oxygen atoms in total. The molecule has 0 aliphatic heterocycles. The summed E-state index contributed by atoms with van der Waals surface area (Å²) in [5.74, 6) is 0.106. The lowest BCUT2D eigenvalue weighted by molar-refractivity contribution is -0.121. The number of nitrogens with one attached hydrogen (secondary N) is 1. The third-order valence-corrected chi connectivity index (χ3v) is 3.93. The Morgan fingerprint density at radius 3 is 2.50 bits per heavy atom. The average molecular weight is 227 g/mol. The van der Waals surface area contributed by atoms with Crippen LogP contribution in [0.15, 0.2) is 0 Å². The zero-order chi connectivity index (χ0) is 12.0. The SMILES string of the molecule is CNC(=O)CCN(C)C1(CN)CCCCC1. The molecule has 0 saturated heterocycles. The Morgan fingerprint density at radius 2 is 2.00 bits per heavy atom. The van der Waals surface area contributed by atoms with Crippen molar-refractivity contribution in [2.75, 3.05) is 27.2 Å². The van der Waals surface area contributed by atoms with E-state index >= 15 is 0 Å². The summed E-state index contributed by atoms with van der Waals surface area (Å²) in [5, 5.41) is 2.66. The van der Waals surface area contributed by atoms with Gasteiger partial charge in [0.05, 0.1) is 0 Å². The van der Waals surface area contributed by atoms with Crippen molar-refractivity contribution in [3.63, 3.8) is 0 Å². The third kappa shape index (κ3) is 3.19. The molecule has 4 heteroatoms. The van der Waals surface area contributed by atoms with Gasteiger partial charge in [0.25, 0.3) is 0 Å². The Hall–Kier alpha value is -0.610. The standard InChI is InChI=1S/C12H25N3O/c1-14-11(16)6-9-15(2)12(10-13)7-4-3-5-8-12/h3-10,13H2,1-2H3,(H,14,16). The molecule has 94 valence electrons. The van der Waals surface area contributed by atoms with Gasteiger partial charge in [0.2, 0.25) is 5.91 Å². The lowest BCUT2D eigenvalue weighted by Crippen LogP contribution is -2.53. The largest absolute Gasteiger partial charge is 0.359 e. The summed E-state index contributed by atoms with van der Waals surface area (Å²) < 4.78 is 0. The van der Waals surface area contributed by atoms with Crippen LogP contribution in [0, 0.1) is 0 Å². The Balaban J connectivity index is 2.48. The number of carbonyl (C=O) groups excluding carboxylic acids is 1. The summed E-state index contributed by atoms with van der Waals surface area (Å²) in [7, 11) is 3.78. The molecule has 0 spiro atoms. The maximum atomic E-state index is 11.2. The highest BCUT2D eigenvalue weighted by Gasteiger charge is 2.34. The first kappa shape index (κ1) is 13.5. The average Bonchev–Trinajstić information content (AvgIpc) is 2.36. The van der Waals surface area contributed by atoms with Gasteiger partial charge in [0.1, 0.15) is 0 Å². The predicted molar refractivity (Wildman–Crippen MR) is 66.2 cm³/mol. The number of carbonyl (C=O) groups is 1. The molecule has 1 saturated carbocycles. The maximum Gasteiger partial charge on any atom is 0.221 e. The monoisotopic (exact) mass is 227 g/mol. The van der Waals surface area contributed by atoms with Crippen LogP contribution in [0.2, 0.25) is 0 Å². The molecule has 0 radical (unpaired) electrons.